The van der Waals surface area contributed by atoms with E-state index in [4.69, 9.17) is 11.6 Å². The molecule has 0 radical (unpaired) electrons. The monoisotopic (exact) mass is 228 g/mol. The van der Waals surface area contributed by atoms with Crippen molar-refractivity contribution in [1.82, 2.24) is 20.3 Å². The molecule has 82 valence electrons. The van der Waals surface area contributed by atoms with Crippen molar-refractivity contribution >= 4 is 17.5 Å². The normalized spacial score (nSPS) is 19.6. The number of hydrogen-bond acceptors (Lipinski definition) is 3. The van der Waals surface area contributed by atoms with Crippen molar-refractivity contribution in [2.45, 2.75) is 30.7 Å². The molecule has 1 saturated carbocycles. The van der Waals surface area contributed by atoms with E-state index in [2.05, 4.69) is 15.6 Å². The minimum atomic E-state index is -0.489. The van der Waals surface area contributed by atoms with E-state index in [-0.39, 0.29) is 11.4 Å². The summed E-state index contributed by atoms with van der Waals surface area (Å²) in [4.78, 5) is 11.3. The average Bonchev–Trinajstić information content (AvgIpc) is 2.78. The van der Waals surface area contributed by atoms with Gasteiger partial charge in [0.2, 0.25) is 5.91 Å². The van der Waals surface area contributed by atoms with Crippen LogP contribution < -0.4 is 5.32 Å². The van der Waals surface area contributed by atoms with Gasteiger partial charge in [-0.2, -0.15) is 0 Å². The Hall–Kier alpha value is -1.10. The van der Waals surface area contributed by atoms with Gasteiger partial charge < -0.3 is 5.32 Å². The van der Waals surface area contributed by atoms with Gasteiger partial charge in [0.1, 0.15) is 5.38 Å². The molecule has 1 N–H and O–H groups in total. The first kappa shape index (κ1) is 10.4. The van der Waals surface area contributed by atoms with Crippen LogP contribution in [0.4, 0.5) is 0 Å². The van der Waals surface area contributed by atoms with Crippen LogP contribution in [0.2, 0.25) is 0 Å². The third-order valence-corrected chi connectivity index (χ3v) is 2.89. The highest BCUT2D eigenvalue weighted by molar-refractivity contribution is 6.30. The summed E-state index contributed by atoms with van der Waals surface area (Å²) in [5.74, 6) is -0.136. The summed E-state index contributed by atoms with van der Waals surface area (Å²) in [6, 6.07) is 0. The van der Waals surface area contributed by atoms with Crippen LogP contribution >= 0.6 is 11.6 Å². The zero-order valence-electron chi connectivity index (χ0n) is 8.48. The topological polar surface area (TPSA) is 59.8 Å². The van der Waals surface area contributed by atoms with Crippen molar-refractivity contribution in [3.05, 3.63) is 12.4 Å². The lowest BCUT2D eigenvalue weighted by molar-refractivity contribution is -0.120. The van der Waals surface area contributed by atoms with Gasteiger partial charge in [-0.1, -0.05) is 5.21 Å². The fourth-order valence-corrected chi connectivity index (χ4v) is 1.56. The molecule has 0 aromatic carbocycles. The Balaban J connectivity index is 1.93. The molecule has 15 heavy (non-hydrogen) atoms. The van der Waals surface area contributed by atoms with Crippen LogP contribution in [-0.4, -0.2) is 32.8 Å². The number of aromatic nitrogens is 3. The average molecular weight is 229 g/mol. The van der Waals surface area contributed by atoms with Crippen molar-refractivity contribution < 1.29 is 4.79 Å². The molecule has 0 spiro atoms. The summed E-state index contributed by atoms with van der Waals surface area (Å²) in [5, 5.41) is 10.0. The van der Waals surface area contributed by atoms with Crippen molar-refractivity contribution in [2.75, 3.05) is 6.54 Å². The predicted octanol–water partition coefficient (Wildman–Crippen LogP) is 0.511. The van der Waals surface area contributed by atoms with E-state index in [1.165, 1.54) is 0 Å². The Morgan fingerprint density at radius 2 is 2.47 bits per heavy atom. The molecule has 0 aliphatic heterocycles. The maximum atomic E-state index is 11.3. The molecule has 0 bridgehead atoms. The fourth-order valence-electron chi connectivity index (χ4n) is 1.48. The number of carbonyl (C=O) groups is 1. The SMILES string of the molecule is CC(Cl)C(=O)NCC1(n2ccnn2)CC1. The van der Waals surface area contributed by atoms with E-state index in [9.17, 15) is 4.79 Å². The molecule has 6 heteroatoms. The molecular weight excluding hydrogens is 216 g/mol. The number of carbonyl (C=O) groups excluding carboxylic acids is 1. The van der Waals surface area contributed by atoms with Gasteiger partial charge in [-0.3, -0.25) is 4.79 Å². The van der Waals surface area contributed by atoms with Gasteiger partial charge in [-0.05, 0) is 19.8 Å². The van der Waals surface area contributed by atoms with Crippen LogP contribution in [-0.2, 0) is 10.3 Å². The zero-order valence-corrected chi connectivity index (χ0v) is 9.24. The Morgan fingerprint density at radius 1 is 1.73 bits per heavy atom. The van der Waals surface area contributed by atoms with Crippen LogP contribution in [0.1, 0.15) is 19.8 Å². The largest absolute Gasteiger partial charge is 0.352 e. The van der Waals surface area contributed by atoms with Gasteiger partial charge in [-0.15, -0.1) is 16.7 Å². The van der Waals surface area contributed by atoms with Gasteiger partial charge in [0.15, 0.2) is 0 Å². The smallest absolute Gasteiger partial charge is 0.237 e. The molecule has 1 fully saturated rings. The number of alkyl halides is 1. The molecule has 2 rings (SSSR count). The number of nitrogens with one attached hydrogen (secondary N) is 1. The first-order valence-electron chi connectivity index (χ1n) is 4.93. The van der Waals surface area contributed by atoms with Crippen molar-refractivity contribution in [3.8, 4) is 0 Å². The summed E-state index contributed by atoms with van der Waals surface area (Å²) in [6.45, 7) is 2.23. The first-order chi connectivity index (χ1) is 7.14. The maximum Gasteiger partial charge on any atom is 0.237 e. The number of hydrogen-bond donors (Lipinski definition) is 1. The molecule has 1 heterocycles. The molecule has 1 aromatic heterocycles. The minimum Gasteiger partial charge on any atom is -0.352 e. The maximum absolute atomic E-state index is 11.3. The molecule has 1 atom stereocenters. The van der Waals surface area contributed by atoms with Crippen molar-refractivity contribution in [2.24, 2.45) is 0 Å². The van der Waals surface area contributed by atoms with Crippen LogP contribution in [0, 0.1) is 0 Å². The summed E-state index contributed by atoms with van der Waals surface area (Å²) in [7, 11) is 0. The second kappa shape index (κ2) is 3.81. The highest BCUT2D eigenvalue weighted by Crippen LogP contribution is 2.41. The summed E-state index contributed by atoms with van der Waals surface area (Å²) < 4.78 is 1.81. The Bertz CT molecular complexity index is 345. The Morgan fingerprint density at radius 3 is 2.93 bits per heavy atom. The lowest BCUT2D eigenvalue weighted by Crippen LogP contribution is -2.38. The second-order valence-corrected chi connectivity index (χ2v) is 4.56. The van der Waals surface area contributed by atoms with E-state index in [0.29, 0.717) is 6.54 Å². The quantitative estimate of drug-likeness (QED) is 0.764. The minimum absolute atomic E-state index is 0.0576. The molecule has 1 aromatic rings. The van der Waals surface area contributed by atoms with Crippen LogP contribution in [0.25, 0.3) is 0 Å². The Kier molecular flexibility index (Phi) is 2.65. The van der Waals surface area contributed by atoms with Gasteiger partial charge in [0.05, 0.1) is 11.7 Å². The van der Waals surface area contributed by atoms with Gasteiger partial charge >= 0.3 is 0 Å². The standard InChI is InChI=1S/C9H13ClN4O/c1-7(10)8(15)11-6-9(2-3-9)14-5-4-12-13-14/h4-5,7H,2-3,6H2,1H3,(H,11,15). The van der Waals surface area contributed by atoms with Gasteiger partial charge in [0.25, 0.3) is 0 Å². The molecule has 1 unspecified atom stereocenters. The van der Waals surface area contributed by atoms with Crippen molar-refractivity contribution in [1.29, 1.82) is 0 Å². The van der Waals surface area contributed by atoms with E-state index in [0.717, 1.165) is 12.8 Å². The lowest BCUT2D eigenvalue weighted by Gasteiger charge is -2.16. The highest BCUT2D eigenvalue weighted by Gasteiger charge is 2.45. The fraction of sp³-hybridized carbons (Fsp3) is 0.667. The molecule has 1 aliphatic rings. The molecule has 0 saturated heterocycles. The summed E-state index contributed by atoms with van der Waals surface area (Å²) in [6.07, 6.45) is 5.51. The summed E-state index contributed by atoms with van der Waals surface area (Å²) >= 11 is 5.66. The van der Waals surface area contributed by atoms with Crippen LogP contribution in [0.15, 0.2) is 12.4 Å². The van der Waals surface area contributed by atoms with E-state index >= 15 is 0 Å². The van der Waals surface area contributed by atoms with Gasteiger partial charge in [-0.25, -0.2) is 4.68 Å². The van der Waals surface area contributed by atoms with Crippen LogP contribution in [0.3, 0.4) is 0 Å². The molecule has 1 amide bonds. The number of amides is 1. The third-order valence-electron chi connectivity index (χ3n) is 2.69. The van der Waals surface area contributed by atoms with E-state index < -0.39 is 5.38 Å². The molecular formula is C9H13ClN4O. The Labute approximate surface area is 92.8 Å². The zero-order chi connectivity index (χ0) is 10.9. The lowest BCUT2D eigenvalue weighted by atomic mass is 10.2. The predicted molar refractivity (Wildman–Crippen MR) is 55.6 cm³/mol. The van der Waals surface area contributed by atoms with Crippen molar-refractivity contribution in [3.63, 3.8) is 0 Å². The second-order valence-electron chi connectivity index (χ2n) is 3.91. The van der Waals surface area contributed by atoms with E-state index in [1.807, 2.05) is 10.9 Å². The number of rotatable bonds is 4. The highest BCUT2D eigenvalue weighted by atomic mass is 35.5. The summed E-state index contributed by atoms with van der Waals surface area (Å²) in [5.41, 5.74) is -0.0576. The third kappa shape index (κ3) is 2.12. The van der Waals surface area contributed by atoms with E-state index in [1.54, 1.807) is 13.1 Å². The van der Waals surface area contributed by atoms with Crippen LogP contribution in [0.5, 0.6) is 0 Å². The van der Waals surface area contributed by atoms with Gasteiger partial charge in [0, 0.05) is 12.7 Å². The first-order valence-corrected chi connectivity index (χ1v) is 5.36. The molecule has 5 nitrogen and oxygen atoms in total. The number of nitrogens with zero attached hydrogens (tertiary/aromatic N) is 3. The molecule has 1 aliphatic carbocycles. The number of halogens is 1.